The Balaban J connectivity index is 2.07. The Labute approximate surface area is 117 Å². The van der Waals surface area contributed by atoms with Crippen LogP contribution in [0.25, 0.3) is 11.3 Å². The summed E-state index contributed by atoms with van der Waals surface area (Å²) in [7, 11) is 0. The molecule has 0 bridgehead atoms. The van der Waals surface area contributed by atoms with E-state index in [1.807, 2.05) is 6.21 Å². The summed E-state index contributed by atoms with van der Waals surface area (Å²) in [6, 6.07) is 2.23. The van der Waals surface area contributed by atoms with E-state index in [9.17, 15) is 0 Å². The molecule has 0 aromatic carbocycles. The number of aliphatic imine (C=N–C) groups is 1. The highest BCUT2D eigenvalue weighted by atomic mass is 32.1. The molecule has 0 radical (unpaired) electrons. The fraction of sp³-hybridized carbons (Fsp3) is 0.250. The molecular formula is C16H14N2S. The normalized spacial score (nSPS) is 20.6. The van der Waals surface area contributed by atoms with Crippen molar-refractivity contribution < 1.29 is 0 Å². The number of fused-ring (bicyclic) bond motifs is 1. The lowest BCUT2D eigenvalue weighted by atomic mass is 9.97. The Hall–Kier alpha value is -1.74. The smallest absolute Gasteiger partial charge is 0.101 e. The van der Waals surface area contributed by atoms with Crippen LogP contribution in [0, 0.1) is 0 Å². The minimum absolute atomic E-state index is 0.833. The van der Waals surface area contributed by atoms with Crippen LogP contribution in [-0.2, 0) is 6.42 Å². The highest BCUT2D eigenvalue weighted by molar-refractivity contribution is 7.80. The first-order chi connectivity index (χ1) is 9.25. The fourth-order valence-corrected chi connectivity index (χ4v) is 3.34. The average molecular weight is 266 g/mol. The fourth-order valence-electron chi connectivity index (χ4n) is 3.11. The van der Waals surface area contributed by atoms with E-state index in [1.54, 1.807) is 0 Å². The van der Waals surface area contributed by atoms with Gasteiger partial charge in [-0.1, -0.05) is 24.4 Å². The first-order valence-electron chi connectivity index (χ1n) is 6.65. The van der Waals surface area contributed by atoms with Gasteiger partial charge in [0.05, 0.1) is 11.4 Å². The van der Waals surface area contributed by atoms with Crippen molar-refractivity contribution >= 4 is 34.6 Å². The lowest BCUT2D eigenvalue weighted by molar-refractivity contribution is 0.958. The maximum atomic E-state index is 5.49. The minimum Gasteiger partial charge on any atom is -0.314 e. The van der Waals surface area contributed by atoms with E-state index < -0.39 is 0 Å². The molecule has 0 unspecified atom stereocenters. The average Bonchev–Trinajstić information content (AvgIpc) is 2.75. The molecule has 4 rings (SSSR count). The number of aromatic nitrogens is 1. The van der Waals surface area contributed by atoms with E-state index in [1.165, 1.54) is 28.1 Å². The Morgan fingerprint density at radius 3 is 3.11 bits per heavy atom. The van der Waals surface area contributed by atoms with Gasteiger partial charge in [0.25, 0.3) is 0 Å². The minimum atomic E-state index is 0.833. The van der Waals surface area contributed by atoms with Gasteiger partial charge >= 0.3 is 0 Å². The topological polar surface area (TPSA) is 17.3 Å². The van der Waals surface area contributed by atoms with Crippen molar-refractivity contribution in [3.63, 3.8) is 0 Å². The number of aryl methyl sites for hydroxylation is 1. The number of hydrogen-bond acceptors (Lipinski definition) is 2. The van der Waals surface area contributed by atoms with Crippen LogP contribution < -0.4 is 0 Å². The molecule has 0 atom stereocenters. The summed E-state index contributed by atoms with van der Waals surface area (Å²) < 4.78 is 2.28. The maximum Gasteiger partial charge on any atom is 0.101 e. The van der Waals surface area contributed by atoms with Crippen LogP contribution in [0.5, 0.6) is 0 Å². The quantitative estimate of drug-likeness (QED) is 0.653. The van der Waals surface area contributed by atoms with Crippen LogP contribution in [0.15, 0.2) is 40.7 Å². The van der Waals surface area contributed by atoms with Gasteiger partial charge in [-0.15, -0.1) is 0 Å². The molecule has 2 nitrogen and oxygen atoms in total. The van der Waals surface area contributed by atoms with Crippen molar-refractivity contribution in [3.05, 3.63) is 46.9 Å². The summed E-state index contributed by atoms with van der Waals surface area (Å²) in [5, 5.41) is 0. The number of rotatable bonds is 0. The van der Waals surface area contributed by atoms with Gasteiger partial charge < -0.3 is 4.57 Å². The molecule has 2 aliphatic carbocycles. The van der Waals surface area contributed by atoms with Crippen molar-refractivity contribution in [2.24, 2.45) is 4.99 Å². The molecule has 0 saturated carbocycles. The zero-order chi connectivity index (χ0) is 13.0. The van der Waals surface area contributed by atoms with Gasteiger partial charge in [-0.05, 0) is 37.0 Å². The van der Waals surface area contributed by atoms with E-state index in [2.05, 4.69) is 40.9 Å². The molecule has 0 amide bonds. The van der Waals surface area contributed by atoms with Crippen LogP contribution in [-0.4, -0.2) is 15.6 Å². The molecule has 0 spiro atoms. The molecule has 0 N–H and O–H groups in total. The van der Waals surface area contributed by atoms with Crippen LogP contribution in [0.1, 0.15) is 31.0 Å². The zero-order valence-corrected chi connectivity index (χ0v) is 11.6. The summed E-state index contributed by atoms with van der Waals surface area (Å²) in [6.07, 6.45) is 11.7. The standard InChI is InChI=1S/C16H14N2S/c1-10-5-6-13(19)14-15(10)18-8-7-11-3-2-4-12(9-17-14)16(11)18/h4-5,7-9H,2-3,6H2,1H3. The van der Waals surface area contributed by atoms with Gasteiger partial charge in [-0.3, -0.25) is 4.99 Å². The lowest BCUT2D eigenvalue weighted by Crippen LogP contribution is -2.12. The Morgan fingerprint density at radius 1 is 1.32 bits per heavy atom. The second kappa shape index (κ2) is 3.87. The summed E-state index contributed by atoms with van der Waals surface area (Å²) in [5.74, 6) is 0. The van der Waals surface area contributed by atoms with Gasteiger partial charge in [0, 0.05) is 29.3 Å². The van der Waals surface area contributed by atoms with Gasteiger partial charge in [-0.2, -0.15) is 0 Å². The summed E-state index contributed by atoms with van der Waals surface area (Å²) in [4.78, 5) is 5.62. The predicted octanol–water partition coefficient (Wildman–Crippen LogP) is 3.79. The molecular weight excluding hydrogens is 252 g/mol. The third-order valence-electron chi connectivity index (χ3n) is 4.05. The molecule has 94 valence electrons. The number of thiocarbonyl (C=S) groups is 1. The third-order valence-corrected chi connectivity index (χ3v) is 4.41. The van der Waals surface area contributed by atoms with E-state index in [4.69, 9.17) is 12.2 Å². The van der Waals surface area contributed by atoms with Gasteiger partial charge in [-0.25, -0.2) is 0 Å². The monoisotopic (exact) mass is 266 g/mol. The second-order valence-electron chi connectivity index (χ2n) is 5.23. The first kappa shape index (κ1) is 11.1. The molecule has 3 heteroatoms. The molecule has 19 heavy (non-hydrogen) atoms. The largest absolute Gasteiger partial charge is 0.314 e. The summed E-state index contributed by atoms with van der Waals surface area (Å²) in [6.45, 7) is 2.15. The van der Waals surface area contributed by atoms with E-state index in [0.29, 0.717) is 0 Å². The molecule has 1 aliphatic heterocycles. The van der Waals surface area contributed by atoms with Gasteiger partial charge in [0.15, 0.2) is 0 Å². The van der Waals surface area contributed by atoms with Gasteiger partial charge in [0.2, 0.25) is 0 Å². The van der Waals surface area contributed by atoms with Crippen LogP contribution in [0.3, 0.4) is 0 Å². The van der Waals surface area contributed by atoms with Crippen LogP contribution >= 0.6 is 12.2 Å². The molecule has 1 aromatic rings. The Kier molecular flexibility index (Phi) is 2.27. The van der Waals surface area contributed by atoms with Crippen molar-refractivity contribution in [2.45, 2.75) is 26.2 Å². The van der Waals surface area contributed by atoms with E-state index in [-0.39, 0.29) is 0 Å². The number of allylic oxidation sites excluding steroid dienone is 6. The number of hydrogen-bond donors (Lipinski definition) is 0. The molecule has 0 saturated heterocycles. The molecule has 1 aromatic heterocycles. The number of nitrogens with zero attached hydrogens (tertiary/aromatic N) is 2. The first-order valence-corrected chi connectivity index (χ1v) is 7.06. The van der Waals surface area contributed by atoms with E-state index >= 15 is 0 Å². The molecule has 3 aliphatic rings. The summed E-state index contributed by atoms with van der Waals surface area (Å²) >= 11 is 5.49. The van der Waals surface area contributed by atoms with Crippen molar-refractivity contribution in [1.82, 2.24) is 4.57 Å². The zero-order valence-electron chi connectivity index (χ0n) is 10.8. The molecule has 2 heterocycles. The van der Waals surface area contributed by atoms with Gasteiger partial charge in [0.1, 0.15) is 5.70 Å². The highest BCUT2D eigenvalue weighted by Crippen LogP contribution is 2.37. The van der Waals surface area contributed by atoms with Crippen molar-refractivity contribution in [1.29, 1.82) is 0 Å². The van der Waals surface area contributed by atoms with Crippen LogP contribution in [0.2, 0.25) is 0 Å². The second-order valence-corrected chi connectivity index (χ2v) is 5.72. The predicted molar refractivity (Wildman–Crippen MR) is 83.4 cm³/mol. The Morgan fingerprint density at radius 2 is 2.21 bits per heavy atom. The summed E-state index contributed by atoms with van der Waals surface area (Å²) in [5.41, 5.74) is 7.37. The van der Waals surface area contributed by atoms with Crippen molar-refractivity contribution in [3.8, 4) is 0 Å². The van der Waals surface area contributed by atoms with Crippen molar-refractivity contribution in [2.75, 3.05) is 0 Å². The lowest BCUT2D eigenvalue weighted by Gasteiger charge is -2.20. The van der Waals surface area contributed by atoms with E-state index in [0.717, 1.165) is 29.8 Å². The Bertz CT molecular complexity index is 726. The highest BCUT2D eigenvalue weighted by Gasteiger charge is 2.26. The van der Waals surface area contributed by atoms with Crippen LogP contribution in [0.4, 0.5) is 0 Å². The molecule has 0 fully saturated rings. The SMILES string of the molecule is CC1=CCC(=S)C2=C1n1ccc3c1C(=CCC3)C=N2. The third kappa shape index (κ3) is 1.48. The maximum absolute atomic E-state index is 5.49.